The number of hydrogen-bond donors (Lipinski definition) is 2. The molecule has 0 radical (unpaired) electrons. The van der Waals surface area contributed by atoms with Crippen LogP contribution in [0.1, 0.15) is 46.0 Å². The molecule has 0 saturated heterocycles. The zero-order chi connectivity index (χ0) is 14.4. The second-order valence-corrected chi connectivity index (χ2v) is 6.33. The van der Waals surface area contributed by atoms with Crippen molar-refractivity contribution in [2.75, 3.05) is 0 Å². The lowest BCUT2D eigenvalue weighted by atomic mass is 9.74. The zero-order valence-electron chi connectivity index (χ0n) is 12.6. The Morgan fingerprint density at radius 1 is 1.45 bits per heavy atom. The summed E-state index contributed by atoms with van der Waals surface area (Å²) in [4.78, 5) is 0. The Kier molecular flexibility index (Phi) is 5.87. The third kappa shape index (κ3) is 4.22. The standard InChI is InChI=1S/C17H26N2S/c1-3-15-10-14(9-8-13(15)2)6-4-5-7-16-11-18-17(12-20)19-16/h5-6,11-15,17-19H,3,7-10H2,1-2H3. The first-order valence-corrected chi connectivity index (χ1v) is 8.28. The van der Waals surface area contributed by atoms with E-state index >= 15 is 0 Å². The first-order valence-electron chi connectivity index (χ1n) is 7.81. The fourth-order valence-corrected chi connectivity index (χ4v) is 3.36. The molecule has 0 aromatic carbocycles. The van der Waals surface area contributed by atoms with Crippen LogP contribution in [0.4, 0.5) is 0 Å². The van der Waals surface area contributed by atoms with Gasteiger partial charge in [0, 0.05) is 23.7 Å². The molecule has 4 unspecified atom stereocenters. The van der Waals surface area contributed by atoms with E-state index in [4.69, 9.17) is 12.2 Å². The van der Waals surface area contributed by atoms with E-state index in [0.29, 0.717) is 0 Å². The second kappa shape index (κ2) is 7.66. The van der Waals surface area contributed by atoms with Crippen LogP contribution >= 0.6 is 12.2 Å². The summed E-state index contributed by atoms with van der Waals surface area (Å²) in [5, 5.41) is 8.19. The molecule has 1 aliphatic heterocycles. The lowest BCUT2D eigenvalue weighted by molar-refractivity contribution is 0.213. The summed E-state index contributed by atoms with van der Waals surface area (Å²) in [5.41, 5.74) is 4.56. The number of hydrogen-bond acceptors (Lipinski definition) is 3. The highest BCUT2D eigenvalue weighted by Gasteiger charge is 2.24. The number of rotatable bonds is 5. The monoisotopic (exact) mass is 290 g/mol. The van der Waals surface area contributed by atoms with Crippen LogP contribution in [0, 0.1) is 17.8 Å². The van der Waals surface area contributed by atoms with Crippen molar-refractivity contribution < 1.29 is 0 Å². The quantitative estimate of drug-likeness (QED) is 0.593. The Morgan fingerprint density at radius 3 is 3.00 bits per heavy atom. The molecule has 20 heavy (non-hydrogen) atoms. The van der Waals surface area contributed by atoms with E-state index in [-0.39, 0.29) is 6.17 Å². The van der Waals surface area contributed by atoms with Gasteiger partial charge < -0.3 is 10.6 Å². The molecule has 0 aromatic rings. The summed E-state index contributed by atoms with van der Waals surface area (Å²) in [5.74, 6) is 2.53. The number of nitrogens with one attached hydrogen (secondary N) is 2. The molecule has 2 N–H and O–H groups in total. The molecule has 0 aromatic heterocycles. The number of thiocarbonyl (C=S) groups is 1. The van der Waals surface area contributed by atoms with Gasteiger partial charge in [0.1, 0.15) is 6.17 Å². The van der Waals surface area contributed by atoms with Crippen molar-refractivity contribution in [1.82, 2.24) is 10.6 Å². The van der Waals surface area contributed by atoms with Crippen LogP contribution in [-0.2, 0) is 0 Å². The molecule has 0 bridgehead atoms. The predicted octanol–water partition coefficient (Wildman–Crippen LogP) is 3.91. The molecule has 1 aliphatic carbocycles. The summed E-state index contributed by atoms with van der Waals surface area (Å²) in [7, 11) is 0. The van der Waals surface area contributed by atoms with Gasteiger partial charge in [-0.25, -0.2) is 0 Å². The third-order valence-corrected chi connectivity index (χ3v) is 4.89. The van der Waals surface area contributed by atoms with Crippen molar-refractivity contribution in [2.45, 2.75) is 52.1 Å². The third-order valence-electron chi connectivity index (χ3n) is 4.61. The summed E-state index contributed by atoms with van der Waals surface area (Å²) < 4.78 is 0. The summed E-state index contributed by atoms with van der Waals surface area (Å²) in [6.07, 6.45) is 12.8. The fraction of sp³-hybridized carbons (Fsp3) is 0.647. The molecule has 0 amide bonds. The molecule has 0 spiro atoms. The van der Waals surface area contributed by atoms with Crippen LogP contribution in [0.5, 0.6) is 0 Å². The normalized spacial score (nSPS) is 32.4. The highest BCUT2D eigenvalue weighted by Crippen LogP contribution is 2.35. The summed E-state index contributed by atoms with van der Waals surface area (Å²) >= 11 is 4.90. The minimum Gasteiger partial charge on any atom is -0.366 e. The van der Waals surface area contributed by atoms with Crippen LogP contribution in [-0.4, -0.2) is 11.5 Å². The molecule has 110 valence electrons. The van der Waals surface area contributed by atoms with Gasteiger partial charge in [-0.3, -0.25) is 0 Å². The Hall–Kier alpha value is -1.05. The van der Waals surface area contributed by atoms with Crippen molar-refractivity contribution >= 4 is 17.6 Å². The molecule has 2 rings (SSSR count). The number of allylic oxidation sites excluding steroid dienone is 1. The van der Waals surface area contributed by atoms with Gasteiger partial charge in [0.05, 0.1) is 0 Å². The van der Waals surface area contributed by atoms with Gasteiger partial charge >= 0.3 is 0 Å². The summed E-state index contributed by atoms with van der Waals surface area (Å²) in [6.45, 7) is 4.72. The topological polar surface area (TPSA) is 24.1 Å². The van der Waals surface area contributed by atoms with Crippen LogP contribution < -0.4 is 10.6 Å². The fourth-order valence-electron chi connectivity index (χ4n) is 3.21. The van der Waals surface area contributed by atoms with Crippen molar-refractivity contribution in [2.24, 2.45) is 17.8 Å². The first-order chi connectivity index (χ1) is 9.72. The average Bonchev–Trinajstić information content (AvgIpc) is 2.93. The van der Waals surface area contributed by atoms with Crippen LogP contribution in [0.25, 0.3) is 0 Å². The van der Waals surface area contributed by atoms with Crippen molar-refractivity contribution in [3.8, 4) is 0 Å². The van der Waals surface area contributed by atoms with Crippen LogP contribution in [0.2, 0.25) is 0 Å². The second-order valence-electron chi connectivity index (χ2n) is 6.05. The van der Waals surface area contributed by atoms with Gasteiger partial charge in [0.15, 0.2) is 0 Å². The molecule has 2 nitrogen and oxygen atoms in total. The van der Waals surface area contributed by atoms with Gasteiger partial charge in [-0.05, 0) is 49.2 Å². The maximum absolute atomic E-state index is 4.90. The predicted molar refractivity (Wildman–Crippen MR) is 89.4 cm³/mol. The maximum atomic E-state index is 4.90. The van der Waals surface area contributed by atoms with Gasteiger partial charge in [0.25, 0.3) is 0 Å². The van der Waals surface area contributed by atoms with E-state index < -0.39 is 0 Å². The molecule has 1 heterocycles. The van der Waals surface area contributed by atoms with Crippen molar-refractivity contribution in [1.29, 1.82) is 0 Å². The molecule has 4 atom stereocenters. The van der Waals surface area contributed by atoms with Gasteiger partial charge in [0.2, 0.25) is 0 Å². The molecular weight excluding hydrogens is 264 g/mol. The molecule has 3 heteroatoms. The first kappa shape index (κ1) is 15.3. The van der Waals surface area contributed by atoms with E-state index in [1.54, 1.807) is 5.37 Å². The average molecular weight is 290 g/mol. The Bertz CT molecular complexity index is 421. The highest BCUT2D eigenvalue weighted by molar-refractivity contribution is 7.79. The largest absolute Gasteiger partial charge is 0.366 e. The Labute approximate surface area is 128 Å². The highest BCUT2D eigenvalue weighted by atomic mass is 32.1. The Balaban J connectivity index is 1.78. The lowest BCUT2D eigenvalue weighted by Gasteiger charge is -2.32. The van der Waals surface area contributed by atoms with Crippen LogP contribution in [0.15, 0.2) is 29.8 Å². The van der Waals surface area contributed by atoms with E-state index in [2.05, 4.69) is 42.4 Å². The van der Waals surface area contributed by atoms with Crippen LogP contribution in [0.3, 0.4) is 0 Å². The minimum absolute atomic E-state index is 0.113. The van der Waals surface area contributed by atoms with Crippen molar-refractivity contribution in [3.63, 3.8) is 0 Å². The minimum atomic E-state index is 0.113. The Morgan fingerprint density at radius 2 is 2.30 bits per heavy atom. The van der Waals surface area contributed by atoms with E-state index in [1.807, 2.05) is 6.20 Å². The SMILES string of the molecule is CCC1CC(C=C=CCC2=CNC(C=S)N2)CCC1C. The van der Waals surface area contributed by atoms with Gasteiger partial charge in [-0.15, -0.1) is 5.73 Å². The molecular formula is C17H26N2S. The summed E-state index contributed by atoms with van der Waals surface area (Å²) in [6, 6.07) is 0. The molecule has 1 fully saturated rings. The smallest absolute Gasteiger partial charge is 0.126 e. The van der Waals surface area contributed by atoms with Gasteiger partial charge in [-0.2, -0.15) is 0 Å². The van der Waals surface area contributed by atoms with Crippen molar-refractivity contribution in [3.05, 3.63) is 29.8 Å². The molecule has 2 aliphatic rings. The lowest BCUT2D eigenvalue weighted by Crippen LogP contribution is -2.32. The van der Waals surface area contributed by atoms with E-state index in [1.165, 1.54) is 31.4 Å². The van der Waals surface area contributed by atoms with E-state index in [0.717, 1.165) is 24.2 Å². The zero-order valence-corrected chi connectivity index (χ0v) is 13.4. The molecule has 1 saturated carbocycles. The van der Waals surface area contributed by atoms with E-state index in [9.17, 15) is 0 Å². The van der Waals surface area contributed by atoms with Gasteiger partial charge in [-0.1, -0.05) is 32.5 Å². The maximum Gasteiger partial charge on any atom is 0.126 e.